The topological polar surface area (TPSA) is 63.6 Å². The fourth-order valence-corrected chi connectivity index (χ4v) is 1.76. The molecule has 0 spiro atoms. The van der Waals surface area contributed by atoms with Gasteiger partial charge in [0.25, 0.3) is 0 Å². The van der Waals surface area contributed by atoms with Crippen molar-refractivity contribution in [2.24, 2.45) is 0 Å². The number of Topliss-reactive ketones (excluding diaryl/α,β-unsaturated/α-hetero) is 2. The predicted molar refractivity (Wildman–Crippen MR) is 56.9 cm³/mol. The molecule has 1 aliphatic heterocycles. The molecule has 0 amide bonds. The summed E-state index contributed by atoms with van der Waals surface area (Å²) in [4.78, 5) is 22.5. The molecule has 84 valence electrons. The molecule has 4 heteroatoms. The second kappa shape index (κ2) is 3.96. The molecule has 0 unspecified atom stereocenters. The van der Waals surface area contributed by atoms with E-state index in [-0.39, 0.29) is 29.3 Å². The van der Waals surface area contributed by atoms with Crippen LogP contribution in [0.3, 0.4) is 0 Å². The van der Waals surface area contributed by atoms with Crippen LogP contribution in [0.1, 0.15) is 29.3 Å². The van der Waals surface area contributed by atoms with Crippen LogP contribution in [0.25, 0.3) is 0 Å². The number of ketones is 2. The summed E-state index contributed by atoms with van der Waals surface area (Å²) in [5.74, 6) is -0.0513. The zero-order valence-corrected chi connectivity index (χ0v) is 8.95. The minimum absolute atomic E-state index is 0.119. The van der Waals surface area contributed by atoms with Crippen molar-refractivity contribution in [3.8, 4) is 11.5 Å². The summed E-state index contributed by atoms with van der Waals surface area (Å²) in [6.07, 6.45) is 0.559. The normalized spacial score (nSPS) is 13.1. The predicted octanol–water partition coefficient (Wildman–Crippen LogP) is 1.49. The van der Waals surface area contributed by atoms with Gasteiger partial charge in [-0.3, -0.25) is 9.59 Å². The summed E-state index contributed by atoms with van der Waals surface area (Å²) in [6.45, 7) is 1.92. The largest absolute Gasteiger partial charge is 0.507 e. The Kier molecular flexibility index (Phi) is 2.64. The molecular weight excluding hydrogens is 208 g/mol. The van der Waals surface area contributed by atoms with Gasteiger partial charge in [-0.15, -0.1) is 0 Å². The van der Waals surface area contributed by atoms with Gasteiger partial charge in [0.05, 0.1) is 18.6 Å². The molecule has 0 saturated heterocycles. The minimum atomic E-state index is -0.347. The zero-order chi connectivity index (χ0) is 11.7. The first-order valence-electron chi connectivity index (χ1n) is 5.09. The second-order valence-corrected chi connectivity index (χ2v) is 3.88. The van der Waals surface area contributed by atoms with Crippen molar-refractivity contribution in [1.29, 1.82) is 0 Å². The van der Waals surface area contributed by atoms with E-state index in [1.807, 2.05) is 0 Å². The molecule has 0 aliphatic carbocycles. The van der Waals surface area contributed by atoms with Crippen LogP contribution in [0.5, 0.6) is 11.5 Å². The van der Waals surface area contributed by atoms with Gasteiger partial charge >= 0.3 is 0 Å². The van der Waals surface area contributed by atoms with Crippen LogP contribution < -0.4 is 4.74 Å². The Hall–Kier alpha value is -1.84. The number of phenols is 1. The summed E-state index contributed by atoms with van der Waals surface area (Å²) >= 11 is 0. The zero-order valence-electron chi connectivity index (χ0n) is 8.95. The Balaban J connectivity index is 2.34. The number of carbonyl (C=O) groups excluding carboxylic acids is 2. The third kappa shape index (κ3) is 1.91. The standard InChI is InChI=1S/C12H12O4/c1-7(13)4-10(14)9-5-8-2-3-16-12(8)6-11(9)15/h5-6,15H,2-4H2,1H3. The number of benzene rings is 1. The molecule has 0 aromatic heterocycles. The van der Waals surface area contributed by atoms with Gasteiger partial charge in [0.1, 0.15) is 17.3 Å². The Bertz CT molecular complexity index is 462. The molecule has 0 saturated carbocycles. The van der Waals surface area contributed by atoms with Crippen molar-refractivity contribution in [2.75, 3.05) is 6.61 Å². The first-order valence-corrected chi connectivity index (χ1v) is 5.09. The first kappa shape index (κ1) is 10.7. The molecule has 0 bridgehead atoms. The molecule has 0 atom stereocenters. The molecule has 1 aliphatic rings. The number of hydrogen-bond acceptors (Lipinski definition) is 4. The number of carbonyl (C=O) groups is 2. The average molecular weight is 220 g/mol. The molecule has 1 aromatic carbocycles. The maximum Gasteiger partial charge on any atom is 0.173 e. The molecule has 4 nitrogen and oxygen atoms in total. The third-order valence-corrected chi connectivity index (χ3v) is 2.52. The summed E-state index contributed by atoms with van der Waals surface area (Å²) in [5.41, 5.74) is 1.11. The van der Waals surface area contributed by atoms with Crippen LogP contribution in [0.2, 0.25) is 0 Å². The number of hydrogen-bond donors (Lipinski definition) is 1. The average Bonchev–Trinajstić information content (AvgIpc) is 2.61. The van der Waals surface area contributed by atoms with E-state index in [9.17, 15) is 14.7 Å². The fraction of sp³-hybridized carbons (Fsp3) is 0.333. The van der Waals surface area contributed by atoms with Gasteiger partial charge in [-0.25, -0.2) is 0 Å². The molecule has 16 heavy (non-hydrogen) atoms. The Morgan fingerprint density at radius 1 is 1.44 bits per heavy atom. The van der Waals surface area contributed by atoms with Crippen molar-refractivity contribution in [3.05, 3.63) is 23.3 Å². The van der Waals surface area contributed by atoms with Gasteiger partial charge in [0.2, 0.25) is 0 Å². The van der Waals surface area contributed by atoms with Crippen molar-refractivity contribution in [3.63, 3.8) is 0 Å². The van der Waals surface area contributed by atoms with E-state index in [0.29, 0.717) is 12.4 Å². The van der Waals surface area contributed by atoms with E-state index >= 15 is 0 Å². The Morgan fingerprint density at radius 3 is 2.88 bits per heavy atom. The molecule has 1 N–H and O–H groups in total. The van der Waals surface area contributed by atoms with Crippen LogP contribution in [0.4, 0.5) is 0 Å². The van der Waals surface area contributed by atoms with Crippen molar-refractivity contribution < 1.29 is 19.4 Å². The van der Waals surface area contributed by atoms with Gasteiger partial charge in [0.15, 0.2) is 5.78 Å². The van der Waals surface area contributed by atoms with E-state index < -0.39 is 0 Å². The first-order chi connectivity index (χ1) is 7.58. The number of aromatic hydroxyl groups is 1. The lowest BCUT2D eigenvalue weighted by molar-refractivity contribution is -0.116. The van der Waals surface area contributed by atoms with E-state index in [1.54, 1.807) is 6.07 Å². The quantitative estimate of drug-likeness (QED) is 0.619. The Labute approximate surface area is 92.8 Å². The van der Waals surface area contributed by atoms with E-state index in [2.05, 4.69) is 0 Å². The highest BCUT2D eigenvalue weighted by Gasteiger charge is 2.19. The van der Waals surface area contributed by atoms with Gasteiger partial charge in [-0.05, 0) is 18.6 Å². The third-order valence-electron chi connectivity index (χ3n) is 2.52. The van der Waals surface area contributed by atoms with Crippen LogP contribution in [-0.2, 0) is 11.2 Å². The molecule has 1 aromatic rings. The lowest BCUT2D eigenvalue weighted by Crippen LogP contribution is -2.05. The lowest BCUT2D eigenvalue weighted by Gasteiger charge is -2.05. The molecule has 2 rings (SSSR count). The monoisotopic (exact) mass is 220 g/mol. The maximum atomic E-state index is 11.7. The van der Waals surface area contributed by atoms with Crippen molar-refractivity contribution in [2.45, 2.75) is 19.8 Å². The summed E-state index contributed by atoms with van der Waals surface area (Å²) in [5, 5.41) is 9.65. The smallest absolute Gasteiger partial charge is 0.173 e. The maximum absolute atomic E-state index is 11.7. The minimum Gasteiger partial charge on any atom is -0.507 e. The van der Waals surface area contributed by atoms with Gasteiger partial charge in [0, 0.05) is 12.5 Å². The lowest BCUT2D eigenvalue weighted by atomic mass is 10.0. The molecule has 0 radical (unpaired) electrons. The Morgan fingerprint density at radius 2 is 2.19 bits per heavy atom. The molecule has 1 heterocycles. The second-order valence-electron chi connectivity index (χ2n) is 3.88. The van der Waals surface area contributed by atoms with Gasteiger partial charge in [-0.1, -0.05) is 0 Å². The van der Waals surface area contributed by atoms with Crippen molar-refractivity contribution >= 4 is 11.6 Å². The van der Waals surface area contributed by atoms with Gasteiger partial charge < -0.3 is 9.84 Å². The van der Waals surface area contributed by atoms with Crippen LogP contribution >= 0.6 is 0 Å². The highest BCUT2D eigenvalue weighted by atomic mass is 16.5. The molecular formula is C12H12O4. The van der Waals surface area contributed by atoms with Crippen LogP contribution in [0, 0.1) is 0 Å². The summed E-state index contributed by atoms with van der Waals surface area (Å²) < 4.78 is 5.26. The highest BCUT2D eigenvalue weighted by molar-refractivity contribution is 6.08. The van der Waals surface area contributed by atoms with Crippen molar-refractivity contribution in [1.82, 2.24) is 0 Å². The summed E-state index contributed by atoms with van der Waals surface area (Å²) in [7, 11) is 0. The van der Waals surface area contributed by atoms with E-state index in [0.717, 1.165) is 12.0 Å². The summed E-state index contributed by atoms with van der Waals surface area (Å²) in [6, 6.07) is 3.05. The van der Waals surface area contributed by atoms with E-state index in [1.165, 1.54) is 13.0 Å². The van der Waals surface area contributed by atoms with Crippen LogP contribution in [0.15, 0.2) is 12.1 Å². The number of fused-ring (bicyclic) bond motifs is 1. The fourth-order valence-electron chi connectivity index (χ4n) is 1.76. The number of ether oxygens (including phenoxy) is 1. The number of rotatable bonds is 3. The SMILES string of the molecule is CC(=O)CC(=O)c1cc2c(cc1O)OCC2. The number of phenolic OH excluding ortho intramolecular Hbond substituents is 1. The highest BCUT2D eigenvalue weighted by Crippen LogP contribution is 2.32. The van der Waals surface area contributed by atoms with E-state index in [4.69, 9.17) is 4.74 Å². The molecule has 0 fully saturated rings. The van der Waals surface area contributed by atoms with Crippen LogP contribution in [-0.4, -0.2) is 23.3 Å². The van der Waals surface area contributed by atoms with Gasteiger partial charge in [-0.2, -0.15) is 0 Å².